The molecule has 2 amide bonds. The maximum Gasteiger partial charge on any atom is 0.262 e. The van der Waals surface area contributed by atoms with Gasteiger partial charge < -0.3 is 5.73 Å². The molecule has 2 aromatic rings. The number of benzene rings is 2. The number of carbonyl (C=O) groups is 2. The zero-order valence-corrected chi connectivity index (χ0v) is 16.9. The summed E-state index contributed by atoms with van der Waals surface area (Å²) in [7, 11) is 0. The first kappa shape index (κ1) is 19.2. The molecule has 1 aliphatic heterocycles. The van der Waals surface area contributed by atoms with Crippen LogP contribution >= 0.6 is 27.7 Å². The van der Waals surface area contributed by atoms with Gasteiger partial charge in [0.2, 0.25) is 5.91 Å². The number of anilines is 1. The maximum atomic E-state index is 13.1. The van der Waals surface area contributed by atoms with E-state index in [1.807, 2.05) is 37.3 Å². The summed E-state index contributed by atoms with van der Waals surface area (Å²) < 4.78 is 0.864. The monoisotopic (exact) mass is 441 g/mol. The predicted octanol–water partition coefficient (Wildman–Crippen LogP) is 3.67. The number of primary amides is 1. The zero-order chi connectivity index (χ0) is 19.6. The first-order valence-electron chi connectivity index (χ1n) is 8.16. The number of hydrogen-bond acceptors (Lipinski definition) is 4. The van der Waals surface area contributed by atoms with E-state index >= 15 is 0 Å². The summed E-state index contributed by atoms with van der Waals surface area (Å²) in [6.45, 7) is 2.00. The number of amides is 2. The third-order valence-corrected chi connectivity index (χ3v) is 5.94. The first-order chi connectivity index (χ1) is 12.9. The van der Waals surface area contributed by atoms with Gasteiger partial charge in [0.1, 0.15) is 16.7 Å². The Hall–Kier alpha value is -2.56. The third-order valence-electron chi connectivity index (χ3n) is 4.15. The number of rotatable bonds is 4. The van der Waals surface area contributed by atoms with Crippen molar-refractivity contribution in [2.24, 2.45) is 5.73 Å². The van der Waals surface area contributed by atoms with Crippen molar-refractivity contribution in [1.82, 2.24) is 0 Å². The lowest BCUT2D eigenvalue weighted by Gasteiger charge is -2.18. The van der Waals surface area contributed by atoms with E-state index in [4.69, 9.17) is 5.73 Å². The van der Waals surface area contributed by atoms with Crippen LogP contribution in [-0.4, -0.2) is 17.1 Å². The van der Waals surface area contributed by atoms with Crippen LogP contribution in [0.4, 0.5) is 5.69 Å². The minimum absolute atomic E-state index is 0.174. The largest absolute Gasteiger partial charge is 0.365 e. The Morgan fingerprint density at radius 3 is 2.41 bits per heavy atom. The second kappa shape index (κ2) is 7.99. The van der Waals surface area contributed by atoms with Crippen molar-refractivity contribution in [2.75, 3.05) is 4.90 Å². The SMILES string of the molecule is Cc1ccc(CC2SC(=C(C#N)C(N)=O)N(c3ccc(Br)cc3)C2=O)cc1. The minimum Gasteiger partial charge on any atom is -0.365 e. The number of halogens is 1. The average Bonchev–Trinajstić information content (AvgIpc) is 2.94. The molecule has 5 nitrogen and oxygen atoms in total. The van der Waals surface area contributed by atoms with Crippen LogP contribution in [0, 0.1) is 18.3 Å². The van der Waals surface area contributed by atoms with Crippen LogP contribution in [0.15, 0.2) is 63.6 Å². The fourth-order valence-electron chi connectivity index (χ4n) is 2.76. The van der Waals surface area contributed by atoms with Crippen molar-refractivity contribution < 1.29 is 9.59 Å². The molecule has 2 N–H and O–H groups in total. The van der Waals surface area contributed by atoms with Crippen LogP contribution in [0.1, 0.15) is 11.1 Å². The van der Waals surface area contributed by atoms with Gasteiger partial charge in [-0.05, 0) is 43.2 Å². The molecule has 1 aliphatic rings. The van der Waals surface area contributed by atoms with Crippen LogP contribution in [0.25, 0.3) is 0 Å². The van der Waals surface area contributed by atoms with Gasteiger partial charge in [0, 0.05) is 10.2 Å². The lowest BCUT2D eigenvalue weighted by Crippen LogP contribution is -2.31. The van der Waals surface area contributed by atoms with E-state index in [1.165, 1.54) is 16.7 Å². The van der Waals surface area contributed by atoms with Crippen molar-refractivity contribution in [3.05, 3.63) is 74.7 Å². The first-order valence-corrected chi connectivity index (χ1v) is 9.84. The molecule has 0 aromatic heterocycles. The molecule has 0 saturated carbocycles. The van der Waals surface area contributed by atoms with E-state index in [0.717, 1.165) is 15.6 Å². The number of nitrogens with zero attached hydrogens (tertiary/aromatic N) is 2. The van der Waals surface area contributed by atoms with Gasteiger partial charge in [0.05, 0.1) is 5.25 Å². The van der Waals surface area contributed by atoms with Gasteiger partial charge in [-0.2, -0.15) is 5.26 Å². The van der Waals surface area contributed by atoms with Crippen molar-refractivity contribution >= 4 is 45.2 Å². The van der Waals surface area contributed by atoms with Gasteiger partial charge >= 0.3 is 0 Å². The second-order valence-electron chi connectivity index (χ2n) is 6.10. The molecule has 2 aromatic carbocycles. The number of aryl methyl sites for hydroxylation is 1. The molecule has 136 valence electrons. The van der Waals surface area contributed by atoms with Crippen LogP contribution in [0.5, 0.6) is 0 Å². The van der Waals surface area contributed by atoms with Crippen molar-refractivity contribution in [1.29, 1.82) is 5.26 Å². The maximum absolute atomic E-state index is 13.1. The van der Waals surface area contributed by atoms with Crippen molar-refractivity contribution in [2.45, 2.75) is 18.6 Å². The highest BCUT2D eigenvalue weighted by Gasteiger charge is 2.40. The molecular weight excluding hydrogens is 426 g/mol. The summed E-state index contributed by atoms with van der Waals surface area (Å²) in [4.78, 5) is 26.3. The topological polar surface area (TPSA) is 87.2 Å². The molecule has 1 fully saturated rings. The van der Waals surface area contributed by atoms with Gasteiger partial charge in [-0.1, -0.05) is 57.5 Å². The molecule has 0 aliphatic carbocycles. The average molecular weight is 442 g/mol. The molecule has 1 atom stereocenters. The van der Waals surface area contributed by atoms with Crippen LogP contribution in [0.2, 0.25) is 0 Å². The van der Waals surface area contributed by atoms with E-state index in [2.05, 4.69) is 15.9 Å². The van der Waals surface area contributed by atoms with Crippen LogP contribution in [0.3, 0.4) is 0 Å². The fourth-order valence-corrected chi connectivity index (χ4v) is 4.34. The normalized spacial score (nSPS) is 18.3. The molecule has 3 rings (SSSR count). The molecule has 0 bridgehead atoms. The summed E-state index contributed by atoms with van der Waals surface area (Å²) in [5.74, 6) is -1.02. The number of thioether (sulfide) groups is 1. The molecule has 0 spiro atoms. The highest BCUT2D eigenvalue weighted by atomic mass is 79.9. The van der Waals surface area contributed by atoms with E-state index in [0.29, 0.717) is 12.1 Å². The Morgan fingerprint density at radius 1 is 1.22 bits per heavy atom. The number of nitriles is 1. The smallest absolute Gasteiger partial charge is 0.262 e. The third kappa shape index (κ3) is 4.07. The van der Waals surface area contributed by atoms with E-state index < -0.39 is 11.2 Å². The summed E-state index contributed by atoms with van der Waals surface area (Å²) in [6.07, 6.45) is 0.498. The molecule has 0 radical (unpaired) electrons. The lowest BCUT2D eigenvalue weighted by molar-refractivity contribution is -0.117. The Bertz CT molecular complexity index is 962. The quantitative estimate of drug-likeness (QED) is 0.578. The van der Waals surface area contributed by atoms with Gasteiger partial charge in [0.25, 0.3) is 5.91 Å². The molecule has 1 saturated heterocycles. The van der Waals surface area contributed by atoms with Gasteiger partial charge in [-0.15, -0.1) is 0 Å². The van der Waals surface area contributed by atoms with Gasteiger partial charge in [-0.3, -0.25) is 14.5 Å². The van der Waals surface area contributed by atoms with Crippen molar-refractivity contribution in [3.63, 3.8) is 0 Å². The molecule has 27 heavy (non-hydrogen) atoms. The lowest BCUT2D eigenvalue weighted by atomic mass is 10.1. The molecule has 1 heterocycles. The number of carbonyl (C=O) groups excluding carboxylic acids is 2. The Morgan fingerprint density at radius 2 is 1.85 bits per heavy atom. The number of nitrogens with two attached hydrogens (primary N) is 1. The fraction of sp³-hybridized carbons (Fsp3) is 0.150. The zero-order valence-electron chi connectivity index (χ0n) is 14.5. The van der Waals surface area contributed by atoms with E-state index in [9.17, 15) is 14.9 Å². The Kier molecular flexibility index (Phi) is 5.68. The highest BCUT2D eigenvalue weighted by Crippen LogP contribution is 2.42. The summed E-state index contributed by atoms with van der Waals surface area (Å²) >= 11 is 4.57. The van der Waals surface area contributed by atoms with Gasteiger partial charge in [0.15, 0.2) is 0 Å². The van der Waals surface area contributed by atoms with E-state index in [1.54, 1.807) is 24.3 Å². The molecular formula is C20H16BrN3O2S. The van der Waals surface area contributed by atoms with Crippen LogP contribution in [-0.2, 0) is 16.0 Å². The van der Waals surface area contributed by atoms with Gasteiger partial charge in [-0.25, -0.2) is 0 Å². The summed E-state index contributed by atoms with van der Waals surface area (Å²) in [5, 5.41) is 9.24. The predicted molar refractivity (Wildman–Crippen MR) is 110 cm³/mol. The Balaban J connectivity index is 2.01. The number of hydrogen-bond donors (Lipinski definition) is 1. The van der Waals surface area contributed by atoms with Crippen molar-refractivity contribution in [3.8, 4) is 6.07 Å². The second-order valence-corrected chi connectivity index (χ2v) is 8.21. The van der Waals surface area contributed by atoms with E-state index in [-0.39, 0.29) is 16.5 Å². The highest BCUT2D eigenvalue weighted by molar-refractivity contribution is 9.10. The molecule has 1 unspecified atom stereocenters. The molecule has 7 heteroatoms. The minimum atomic E-state index is -0.842. The Labute approximate surface area is 170 Å². The summed E-state index contributed by atoms with van der Waals surface area (Å²) in [6, 6.07) is 16.9. The van der Waals surface area contributed by atoms with Crippen LogP contribution < -0.4 is 10.6 Å². The summed E-state index contributed by atoms with van der Waals surface area (Å²) in [5.41, 5.74) is 7.91. The standard InChI is InChI=1S/C20H16BrN3O2S/c1-12-2-4-13(5-3-12)10-17-19(26)24(15-8-6-14(21)7-9-15)20(27-17)16(11-22)18(23)25/h2-9,17H,10H2,1H3,(H2,23,25).